The van der Waals surface area contributed by atoms with Crippen molar-refractivity contribution in [3.05, 3.63) is 29.8 Å². The van der Waals surface area contributed by atoms with Crippen LogP contribution >= 0.6 is 11.6 Å². The SMILES string of the molecule is COc1ccc(C(N)=NC(=O)NCC(=O)Cl)cc1. The van der Waals surface area contributed by atoms with E-state index in [2.05, 4.69) is 10.3 Å². The van der Waals surface area contributed by atoms with E-state index in [-0.39, 0.29) is 12.4 Å². The number of halogens is 1. The predicted molar refractivity (Wildman–Crippen MR) is 68.0 cm³/mol. The highest BCUT2D eigenvalue weighted by atomic mass is 35.5. The predicted octanol–water partition coefficient (Wildman–Crippen LogP) is 0.875. The lowest BCUT2D eigenvalue weighted by atomic mass is 10.2. The number of rotatable bonds is 4. The summed E-state index contributed by atoms with van der Waals surface area (Å²) in [5.74, 6) is 0.709. The lowest BCUT2D eigenvalue weighted by Crippen LogP contribution is -2.27. The third kappa shape index (κ3) is 4.42. The highest BCUT2D eigenvalue weighted by molar-refractivity contribution is 6.64. The van der Waals surface area contributed by atoms with Gasteiger partial charge in [-0.2, -0.15) is 4.99 Å². The Kier molecular flexibility index (Phi) is 5.13. The van der Waals surface area contributed by atoms with Gasteiger partial charge < -0.3 is 15.8 Å². The molecule has 0 aliphatic carbocycles. The Hall–Kier alpha value is -2.08. The van der Waals surface area contributed by atoms with Crippen LogP contribution in [0.2, 0.25) is 0 Å². The maximum absolute atomic E-state index is 11.2. The van der Waals surface area contributed by atoms with E-state index in [0.29, 0.717) is 11.3 Å². The van der Waals surface area contributed by atoms with Gasteiger partial charge >= 0.3 is 6.03 Å². The molecule has 0 spiro atoms. The molecule has 0 unspecified atom stereocenters. The number of aliphatic imine (C=N–C) groups is 1. The number of amides is 2. The van der Waals surface area contributed by atoms with E-state index in [1.54, 1.807) is 31.4 Å². The van der Waals surface area contributed by atoms with Gasteiger partial charge in [-0.25, -0.2) is 4.79 Å². The molecule has 0 saturated carbocycles. The molecule has 0 saturated heterocycles. The normalized spacial score (nSPS) is 10.9. The van der Waals surface area contributed by atoms with Gasteiger partial charge in [-0.05, 0) is 35.9 Å². The molecule has 96 valence electrons. The highest BCUT2D eigenvalue weighted by Gasteiger charge is 2.04. The van der Waals surface area contributed by atoms with Crippen LogP contribution in [0.5, 0.6) is 5.75 Å². The fourth-order valence-electron chi connectivity index (χ4n) is 1.12. The number of ether oxygens (including phenoxy) is 1. The summed E-state index contributed by atoms with van der Waals surface area (Å²) in [5, 5.41) is 1.51. The molecule has 7 heteroatoms. The molecule has 2 amide bonds. The molecule has 0 aromatic heterocycles. The van der Waals surface area contributed by atoms with E-state index in [9.17, 15) is 9.59 Å². The van der Waals surface area contributed by atoms with Crippen LogP contribution in [0.1, 0.15) is 5.56 Å². The second kappa shape index (κ2) is 6.61. The standard InChI is InChI=1S/C11H12ClN3O3/c1-18-8-4-2-7(3-5-8)10(13)15-11(17)14-6-9(12)16/h2-5H,6H2,1H3,(H3,13,14,15,17). The molecule has 0 atom stereocenters. The molecule has 0 fully saturated rings. The van der Waals surface area contributed by atoms with Gasteiger partial charge in [0.15, 0.2) is 0 Å². The fraction of sp³-hybridized carbons (Fsp3) is 0.182. The number of benzene rings is 1. The topological polar surface area (TPSA) is 93.8 Å². The minimum absolute atomic E-state index is 0.0391. The molecule has 0 radical (unpaired) electrons. The number of methoxy groups -OCH3 is 1. The van der Waals surface area contributed by atoms with Crippen LogP contribution in [0.3, 0.4) is 0 Å². The Labute approximate surface area is 109 Å². The zero-order chi connectivity index (χ0) is 13.5. The van der Waals surface area contributed by atoms with Crippen LogP contribution in [0.25, 0.3) is 0 Å². The quantitative estimate of drug-likeness (QED) is 0.482. The first-order valence-corrected chi connectivity index (χ1v) is 5.35. The summed E-state index contributed by atoms with van der Waals surface area (Å²) in [4.78, 5) is 25.2. The van der Waals surface area contributed by atoms with Gasteiger partial charge in [0, 0.05) is 5.56 Å². The second-order valence-corrected chi connectivity index (χ2v) is 3.66. The minimum Gasteiger partial charge on any atom is -0.497 e. The minimum atomic E-state index is -0.725. The van der Waals surface area contributed by atoms with Crippen LogP contribution in [0.15, 0.2) is 29.3 Å². The first-order chi connectivity index (χ1) is 8.52. The summed E-state index contributed by atoms with van der Waals surface area (Å²) in [6.07, 6.45) is 0. The van der Waals surface area contributed by atoms with Gasteiger partial charge in [-0.15, -0.1) is 0 Å². The zero-order valence-electron chi connectivity index (χ0n) is 9.64. The molecule has 0 aliphatic rings. The van der Waals surface area contributed by atoms with Crippen LogP contribution in [0, 0.1) is 0 Å². The summed E-state index contributed by atoms with van der Waals surface area (Å²) in [6, 6.07) is 5.99. The van der Waals surface area contributed by atoms with Gasteiger partial charge in [0.2, 0.25) is 5.24 Å². The number of nitrogens with one attached hydrogen (secondary N) is 1. The van der Waals surface area contributed by atoms with Crippen molar-refractivity contribution in [3.63, 3.8) is 0 Å². The van der Waals surface area contributed by atoms with Gasteiger partial charge in [-0.1, -0.05) is 0 Å². The van der Waals surface area contributed by atoms with Crippen molar-refractivity contribution in [2.75, 3.05) is 13.7 Å². The number of urea groups is 1. The van der Waals surface area contributed by atoms with Crippen LogP contribution in [0.4, 0.5) is 4.79 Å². The molecule has 3 N–H and O–H groups in total. The molecule has 0 aliphatic heterocycles. The average Bonchev–Trinajstić information content (AvgIpc) is 2.36. The lowest BCUT2D eigenvalue weighted by molar-refractivity contribution is -0.110. The Bertz CT molecular complexity index is 471. The van der Waals surface area contributed by atoms with Crippen molar-refractivity contribution >= 4 is 28.7 Å². The molecule has 1 aromatic carbocycles. The maximum Gasteiger partial charge on any atom is 0.343 e. The van der Waals surface area contributed by atoms with E-state index in [4.69, 9.17) is 22.1 Å². The second-order valence-electron chi connectivity index (χ2n) is 3.24. The smallest absolute Gasteiger partial charge is 0.343 e. The summed E-state index contributed by atoms with van der Waals surface area (Å²) in [7, 11) is 1.54. The van der Waals surface area contributed by atoms with Crippen LogP contribution < -0.4 is 15.8 Å². The third-order valence-electron chi connectivity index (χ3n) is 1.99. The number of nitrogens with zero attached hydrogens (tertiary/aromatic N) is 1. The summed E-state index contributed by atoms with van der Waals surface area (Å²) < 4.78 is 4.98. The molecule has 1 rings (SSSR count). The van der Waals surface area contributed by atoms with Crippen molar-refractivity contribution in [1.82, 2.24) is 5.32 Å². The van der Waals surface area contributed by atoms with E-state index >= 15 is 0 Å². The van der Waals surface area contributed by atoms with Crippen LogP contribution in [-0.2, 0) is 4.79 Å². The molecule has 6 nitrogen and oxygen atoms in total. The maximum atomic E-state index is 11.2. The summed E-state index contributed by atoms with van der Waals surface area (Å²) in [5.41, 5.74) is 6.20. The van der Waals surface area contributed by atoms with Crippen LogP contribution in [-0.4, -0.2) is 30.8 Å². The molecular weight excluding hydrogens is 258 g/mol. The summed E-state index contributed by atoms with van der Waals surface area (Å²) in [6.45, 7) is -0.292. The van der Waals surface area contributed by atoms with Gasteiger partial charge in [0.05, 0.1) is 13.7 Å². The molecular formula is C11H12ClN3O3. The number of carbonyl (C=O) groups is 2. The van der Waals surface area contributed by atoms with E-state index in [1.807, 2.05) is 0 Å². The van der Waals surface area contributed by atoms with Gasteiger partial charge in [0.1, 0.15) is 11.6 Å². The Balaban J connectivity index is 2.69. The zero-order valence-corrected chi connectivity index (χ0v) is 10.4. The average molecular weight is 270 g/mol. The van der Waals surface area contributed by atoms with Gasteiger partial charge in [0.25, 0.3) is 0 Å². The van der Waals surface area contributed by atoms with Crippen molar-refractivity contribution in [3.8, 4) is 5.75 Å². The molecule has 18 heavy (non-hydrogen) atoms. The fourth-order valence-corrected chi connectivity index (χ4v) is 1.19. The lowest BCUT2D eigenvalue weighted by Gasteiger charge is -2.03. The van der Waals surface area contributed by atoms with E-state index in [0.717, 1.165) is 0 Å². The third-order valence-corrected chi connectivity index (χ3v) is 2.12. The van der Waals surface area contributed by atoms with E-state index < -0.39 is 11.3 Å². The van der Waals surface area contributed by atoms with Crippen molar-refractivity contribution < 1.29 is 14.3 Å². The Morgan fingerprint density at radius 2 is 2.00 bits per heavy atom. The van der Waals surface area contributed by atoms with Crippen molar-refractivity contribution in [2.45, 2.75) is 0 Å². The van der Waals surface area contributed by atoms with Crippen molar-refractivity contribution in [2.24, 2.45) is 10.7 Å². The molecule has 0 bridgehead atoms. The highest BCUT2D eigenvalue weighted by Crippen LogP contribution is 2.10. The molecule has 1 aromatic rings. The van der Waals surface area contributed by atoms with E-state index in [1.165, 1.54) is 0 Å². The number of hydrogen-bond donors (Lipinski definition) is 2. The van der Waals surface area contributed by atoms with Crippen molar-refractivity contribution in [1.29, 1.82) is 0 Å². The monoisotopic (exact) mass is 269 g/mol. The number of hydrogen-bond acceptors (Lipinski definition) is 3. The van der Waals surface area contributed by atoms with Gasteiger partial charge in [-0.3, -0.25) is 4.79 Å². The number of nitrogens with two attached hydrogens (primary N) is 1. The number of carbonyl (C=O) groups excluding carboxylic acids is 2. The first kappa shape index (κ1) is 14.0. The Morgan fingerprint density at radius 3 is 2.50 bits per heavy atom. The Morgan fingerprint density at radius 1 is 1.39 bits per heavy atom. The summed E-state index contributed by atoms with van der Waals surface area (Å²) >= 11 is 5.06. The largest absolute Gasteiger partial charge is 0.497 e. The molecule has 0 heterocycles. The number of amidine groups is 1. The first-order valence-electron chi connectivity index (χ1n) is 4.97.